The molecule has 4 rings (SSSR count). The van der Waals surface area contributed by atoms with Crippen molar-refractivity contribution in [3.05, 3.63) is 72.6 Å². The number of benzene rings is 1. The third-order valence-corrected chi connectivity index (χ3v) is 5.02. The highest BCUT2D eigenvalue weighted by Crippen LogP contribution is 2.32. The van der Waals surface area contributed by atoms with E-state index in [0.29, 0.717) is 18.3 Å². The zero-order chi connectivity index (χ0) is 19.3. The van der Waals surface area contributed by atoms with Crippen LogP contribution in [0.25, 0.3) is 10.2 Å². The first-order valence-electron chi connectivity index (χ1n) is 8.75. The van der Waals surface area contributed by atoms with E-state index in [1.807, 2.05) is 37.3 Å². The summed E-state index contributed by atoms with van der Waals surface area (Å²) in [4.78, 5) is 31.7. The van der Waals surface area contributed by atoms with Gasteiger partial charge < -0.3 is 4.74 Å². The van der Waals surface area contributed by atoms with Gasteiger partial charge in [0, 0.05) is 24.8 Å². The van der Waals surface area contributed by atoms with Crippen LogP contribution in [0.5, 0.6) is 5.75 Å². The van der Waals surface area contributed by atoms with E-state index < -0.39 is 0 Å². The lowest BCUT2D eigenvalue weighted by atomic mass is 10.2. The summed E-state index contributed by atoms with van der Waals surface area (Å²) >= 11 is 1.43. The Bertz CT molecular complexity index is 1090. The predicted octanol–water partition coefficient (Wildman–Crippen LogP) is 3.73. The molecule has 28 heavy (non-hydrogen) atoms. The molecule has 1 aromatic carbocycles. The van der Waals surface area contributed by atoms with Gasteiger partial charge in [-0.15, -0.1) is 0 Å². The summed E-state index contributed by atoms with van der Waals surface area (Å²) in [6.45, 7) is 2.87. The first-order valence-corrected chi connectivity index (χ1v) is 9.56. The number of aromatic nitrogens is 4. The minimum absolute atomic E-state index is 0.263. The number of carbonyl (C=O) groups is 1. The summed E-state index contributed by atoms with van der Waals surface area (Å²) in [5.74, 6) is 0.519. The SMILES string of the molecule is CCOc1ccc2nc(N(Cc3cccnc3)C(=O)c3cnccn3)sc2c1. The average Bonchev–Trinajstić information content (AvgIpc) is 3.16. The third kappa shape index (κ3) is 3.81. The predicted molar refractivity (Wildman–Crippen MR) is 108 cm³/mol. The number of fused-ring (bicyclic) bond motifs is 1. The van der Waals surface area contributed by atoms with Crippen molar-refractivity contribution in [1.82, 2.24) is 19.9 Å². The van der Waals surface area contributed by atoms with Crippen LogP contribution < -0.4 is 9.64 Å². The standard InChI is InChI=1S/C20H17N5O2S/c1-2-27-15-5-6-16-18(10-15)28-20(24-16)25(13-14-4-3-7-21-11-14)19(26)17-12-22-8-9-23-17/h3-12H,2,13H2,1H3. The van der Waals surface area contributed by atoms with Gasteiger partial charge in [0.05, 0.1) is 29.6 Å². The van der Waals surface area contributed by atoms with Crippen molar-refractivity contribution in [2.24, 2.45) is 0 Å². The van der Waals surface area contributed by atoms with Crippen LogP contribution >= 0.6 is 11.3 Å². The van der Waals surface area contributed by atoms with Crippen molar-refractivity contribution in [2.75, 3.05) is 11.5 Å². The number of nitrogens with zero attached hydrogens (tertiary/aromatic N) is 5. The first-order chi connectivity index (χ1) is 13.7. The van der Waals surface area contributed by atoms with Gasteiger partial charge in [-0.25, -0.2) is 9.97 Å². The molecular weight excluding hydrogens is 374 g/mol. The number of carbonyl (C=O) groups excluding carboxylic acids is 1. The molecule has 0 N–H and O–H groups in total. The van der Waals surface area contributed by atoms with E-state index in [1.165, 1.54) is 29.9 Å². The summed E-state index contributed by atoms with van der Waals surface area (Å²) in [6.07, 6.45) is 7.93. The molecule has 0 bridgehead atoms. The maximum Gasteiger partial charge on any atom is 0.280 e. The first kappa shape index (κ1) is 18.0. The molecule has 7 nitrogen and oxygen atoms in total. The molecular formula is C20H17N5O2S. The Morgan fingerprint density at radius 2 is 2.04 bits per heavy atom. The maximum atomic E-state index is 13.1. The van der Waals surface area contributed by atoms with Crippen LogP contribution in [0.1, 0.15) is 23.0 Å². The van der Waals surface area contributed by atoms with E-state index in [1.54, 1.807) is 17.3 Å². The van der Waals surface area contributed by atoms with Gasteiger partial charge in [-0.1, -0.05) is 17.4 Å². The molecule has 3 aromatic heterocycles. The minimum Gasteiger partial charge on any atom is -0.494 e. The van der Waals surface area contributed by atoms with E-state index in [9.17, 15) is 4.79 Å². The zero-order valence-electron chi connectivity index (χ0n) is 15.1. The molecule has 0 aliphatic heterocycles. The van der Waals surface area contributed by atoms with Crippen LogP contribution in [0, 0.1) is 0 Å². The Morgan fingerprint density at radius 3 is 2.79 bits per heavy atom. The third-order valence-electron chi connectivity index (χ3n) is 3.98. The normalized spacial score (nSPS) is 10.8. The Hall–Kier alpha value is -3.39. The summed E-state index contributed by atoms with van der Waals surface area (Å²) in [5, 5.41) is 0.586. The second kappa shape index (κ2) is 8.10. The van der Waals surface area contributed by atoms with Gasteiger partial charge in [0.1, 0.15) is 11.4 Å². The molecule has 0 atom stereocenters. The highest BCUT2D eigenvalue weighted by atomic mass is 32.1. The number of anilines is 1. The molecule has 0 fully saturated rings. The number of hydrogen-bond acceptors (Lipinski definition) is 7. The molecule has 1 amide bonds. The van der Waals surface area contributed by atoms with Crippen molar-refractivity contribution in [3.63, 3.8) is 0 Å². The van der Waals surface area contributed by atoms with Crippen LogP contribution in [0.3, 0.4) is 0 Å². The summed E-state index contributed by atoms with van der Waals surface area (Å²) < 4.78 is 6.52. The fourth-order valence-electron chi connectivity index (χ4n) is 2.71. The lowest BCUT2D eigenvalue weighted by Gasteiger charge is -2.19. The van der Waals surface area contributed by atoms with Crippen LogP contribution in [-0.4, -0.2) is 32.4 Å². The van der Waals surface area contributed by atoms with E-state index in [-0.39, 0.29) is 11.6 Å². The molecule has 0 aliphatic rings. The highest BCUT2D eigenvalue weighted by Gasteiger charge is 2.23. The lowest BCUT2D eigenvalue weighted by molar-refractivity contribution is 0.0980. The van der Waals surface area contributed by atoms with Gasteiger partial charge in [-0.3, -0.25) is 19.7 Å². The molecule has 4 aromatic rings. The summed E-state index contributed by atoms with van der Waals surface area (Å²) in [5.41, 5.74) is 1.97. The van der Waals surface area contributed by atoms with Crippen molar-refractivity contribution in [2.45, 2.75) is 13.5 Å². The van der Waals surface area contributed by atoms with Gasteiger partial charge in [0.25, 0.3) is 5.91 Å². The summed E-state index contributed by atoms with van der Waals surface area (Å²) in [7, 11) is 0. The molecule has 0 radical (unpaired) electrons. The Morgan fingerprint density at radius 1 is 1.14 bits per heavy atom. The van der Waals surface area contributed by atoms with Crippen molar-refractivity contribution in [3.8, 4) is 5.75 Å². The monoisotopic (exact) mass is 391 g/mol. The molecule has 0 unspecified atom stereocenters. The van der Waals surface area contributed by atoms with Gasteiger partial charge in [-0.05, 0) is 36.8 Å². The summed E-state index contributed by atoms with van der Waals surface area (Å²) in [6, 6.07) is 9.48. The molecule has 0 aliphatic carbocycles. The largest absolute Gasteiger partial charge is 0.494 e. The zero-order valence-corrected chi connectivity index (χ0v) is 16.0. The number of thiazole rings is 1. The van der Waals surface area contributed by atoms with Crippen LogP contribution in [0.4, 0.5) is 5.13 Å². The Labute approximate surface area is 165 Å². The molecule has 0 saturated heterocycles. The molecule has 140 valence electrons. The highest BCUT2D eigenvalue weighted by molar-refractivity contribution is 7.22. The number of pyridine rings is 1. The average molecular weight is 391 g/mol. The number of amides is 1. The maximum absolute atomic E-state index is 13.1. The van der Waals surface area contributed by atoms with E-state index in [4.69, 9.17) is 4.74 Å². The van der Waals surface area contributed by atoms with Crippen molar-refractivity contribution in [1.29, 1.82) is 0 Å². The number of hydrogen-bond donors (Lipinski definition) is 0. The second-order valence-electron chi connectivity index (χ2n) is 5.90. The van der Waals surface area contributed by atoms with E-state index in [2.05, 4.69) is 19.9 Å². The van der Waals surface area contributed by atoms with Crippen molar-refractivity contribution < 1.29 is 9.53 Å². The quantitative estimate of drug-likeness (QED) is 0.498. The van der Waals surface area contributed by atoms with Gasteiger partial charge in [-0.2, -0.15) is 0 Å². The molecule has 0 spiro atoms. The lowest BCUT2D eigenvalue weighted by Crippen LogP contribution is -2.31. The van der Waals surface area contributed by atoms with Gasteiger partial charge in [0.15, 0.2) is 5.13 Å². The molecule has 0 saturated carbocycles. The van der Waals surface area contributed by atoms with E-state index in [0.717, 1.165) is 21.5 Å². The van der Waals surface area contributed by atoms with Crippen LogP contribution in [0.15, 0.2) is 61.3 Å². The smallest absolute Gasteiger partial charge is 0.280 e. The fraction of sp³-hybridized carbons (Fsp3) is 0.150. The fourth-order valence-corrected chi connectivity index (χ4v) is 3.70. The van der Waals surface area contributed by atoms with Gasteiger partial charge >= 0.3 is 0 Å². The van der Waals surface area contributed by atoms with E-state index >= 15 is 0 Å². The van der Waals surface area contributed by atoms with Crippen molar-refractivity contribution >= 4 is 32.6 Å². The van der Waals surface area contributed by atoms with Gasteiger partial charge in [0.2, 0.25) is 0 Å². The second-order valence-corrected chi connectivity index (χ2v) is 6.91. The van der Waals surface area contributed by atoms with Crippen LogP contribution in [0.2, 0.25) is 0 Å². The number of rotatable bonds is 6. The Kier molecular flexibility index (Phi) is 5.20. The number of ether oxygens (including phenoxy) is 1. The molecule has 3 heterocycles. The van der Waals surface area contributed by atoms with Crippen LogP contribution in [-0.2, 0) is 6.54 Å². The molecule has 8 heteroatoms. The minimum atomic E-state index is -0.263. The Balaban J connectivity index is 1.74. The topological polar surface area (TPSA) is 81.1 Å².